The van der Waals surface area contributed by atoms with Crippen LogP contribution in [0.1, 0.15) is 24.0 Å². The molecule has 1 aliphatic heterocycles. The van der Waals surface area contributed by atoms with Crippen molar-refractivity contribution in [3.63, 3.8) is 0 Å². The summed E-state index contributed by atoms with van der Waals surface area (Å²) in [5.74, 6) is 0.155. The molecule has 0 unspecified atom stereocenters. The number of sulfonamides is 1. The Balaban J connectivity index is 1.28. The van der Waals surface area contributed by atoms with Crippen molar-refractivity contribution in [2.75, 3.05) is 39.9 Å². The number of hydrogen-bond donors (Lipinski definition) is 1. The number of benzene rings is 2. The molecule has 2 amide bonds. The molecule has 0 saturated heterocycles. The normalized spacial score (nSPS) is 15.6. The molecule has 0 atom stereocenters. The summed E-state index contributed by atoms with van der Waals surface area (Å²) in [4.78, 5) is 30.8. The minimum absolute atomic E-state index is 0.0360. The number of amidine groups is 1. The Labute approximate surface area is 231 Å². The number of halogens is 2. The van der Waals surface area contributed by atoms with Crippen LogP contribution in [0.25, 0.3) is 0 Å². The van der Waals surface area contributed by atoms with Crippen LogP contribution in [0.2, 0.25) is 10.0 Å². The lowest BCUT2D eigenvalue weighted by molar-refractivity contribution is -0.135. The van der Waals surface area contributed by atoms with Gasteiger partial charge in [-0.1, -0.05) is 53.5 Å². The van der Waals surface area contributed by atoms with Gasteiger partial charge in [0, 0.05) is 31.7 Å². The second-order valence-electron chi connectivity index (χ2n) is 9.04. The highest BCUT2D eigenvalue weighted by molar-refractivity contribution is 7.89. The van der Waals surface area contributed by atoms with Gasteiger partial charge in [-0.2, -0.15) is 4.31 Å². The number of carbonyl (C=O) groups excluding carboxylic acids is 1. The first-order valence-electron chi connectivity index (χ1n) is 12.0. The minimum atomic E-state index is -3.92. The maximum Gasteiger partial charge on any atom is 0.413 e. The average molecular weight is 583 g/mol. The molecule has 10 nitrogen and oxygen atoms in total. The average Bonchev–Trinajstić information content (AvgIpc) is 3.57. The summed E-state index contributed by atoms with van der Waals surface area (Å²) >= 11 is 12.3. The van der Waals surface area contributed by atoms with Crippen molar-refractivity contribution < 1.29 is 27.9 Å². The number of hydrogen-bond acceptors (Lipinski definition) is 6. The fourth-order valence-electron chi connectivity index (χ4n) is 4.13. The van der Waals surface area contributed by atoms with Crippen molar-refractivity contribution >= 4 is 51.1 Å². The van der Waals surface area contributed by atoms with Crippen molar-refractivity contribution in [3.8, 4) is 0 Å². The highest BCUT2D eigenvalue weighted by Crippen LogP contribution is 2.37. The lowest BCUT2D eigenvalue weighted by Crippen LogP contribution is -2.37. The van der Waals surface area contributed by atoms with Gasteiger partial charge in [-0.25, -0.2) is 13.2 Å². The fourth-order valence-corrected chi connectivity index (χ4v) is 6.90. The van der Waals surface area contributed by atoms with Crippen LogP contribution in [0.3, 0.4) is 0 Å². The molecular weight excluding hydrogens is 555 g/mol. The van der Waals surface area contributed by atoms with Gasteiger partial charge in [0.05, 0.1) is 29.7 Å². The molecule has 0 bridgehead atoms. The molecule has 204 valence electrons. The number of carboxylic acid groups (broad SMARTS) is 1. The third kappa shape index (κ3) is 6.47. The highest BCUT2D eigenvalue weighted by Gasteiger charge is 2.39. The van der Waals surface area contributed by atoms with Crippen LogP contribution in [-0.2, 0) is 26.1 Å². The molecule has 4 rings (SSSR count). The lowest BCUT2D eigenvalue weighted by Gasteiger charge is -2.23. The van der Waals surface area contributed by atoms with E-state index in [4.69, 9.17) is 27.9 Å². The Morgan fingerprint density at radius 3 is 2.39 bits per heavy atom. The van der Waals surface area contributed by atoms with Gasteiger partial charge in [-0.15, -0.1) is 0 Å². The van der Waals surface area contributed by atoms with Crippen molar-refractivity contribution in [3.05, 3.63) is 63.6 Å². The van der Waals surface area contributed by atoms with Crippen LogP contribution < -0.4 is 0 Å². The molecule has 0 radical (unpaired) electrons. The molecule has 2 aromatic rings. The SMILES string of the molecule is CN(Cc1ccc(C2=NCCN2C(=O)O)cc1)C(=O)COCCN(C1CC1)S(=O)(=O)c1c(Cl)cccc1Cl. The van der Waals surface area contributed by atoms with Crippen molar-refractivity contribution in [1.82, 2.24) is 14.1 Å². The fraction of sp³-hybridized carbons (Fsp3) is 0.400. The zero-order valence-corrected chi connectivity index (χ0v) is 23.0. The Kier molecular flexibility index (Phi) is 8.94. The van der Waals surface area contributed by atoms with E-state index in [2.05, 4.69) is 4.99 Å². The monoisotopic (exact) mass is 582 g/mol. The molecular formula is C25H28Cl2N4O6S. The minimum Gasteiger partial charge on any atom is -0.465 e. The zero-order chi connectivity index (χ0) is 27.4. The number of ether oxygens (including phenoxy) is 1. The summed E-state index contributed by atoms with van der Waals surface area (Å²) < 4.78 is 33.4. The van der Waals surface area contributed by atoms with E-state index in [0.717, 1.165) is 18.4 Å². The van der Waals surface area contributed by atoms with E-state index in [-0.39, 0.29) is 46.6 Å². The van der Waals surface area contributed by atoms with Gasteiger partial charge in [0.1, 0.15) is 17.3 Å². The Hall–Kier alpha value is -2.70. The Morgan fingerprint density at radius 1 is 1.13 bits per heavy atom. The van der Waals surface area contributed by atoms with Crippen LogP contribution in [0, 0.1) is 0 Å². The molecule has 0 spiro atoms. The first-order chi connectivity index (χ1) is 18.1. The van der Waals surface area contributed by atoms with E-state index >= 15 is 0 Å². The molecule has 1 N–H and O–H groups in total. The summed E-state index contributed by atoms with van der Waals surface area (Å²) in [5, 5.41) is 9.41. The van der Waals surface area contributed by atoms with E-state index in [1.54, 1.807) is 25.2 Å². The summed E-state index contributed by atoms with van der Waals surface area (Å²) in [6.45, 7) is 0.995. The van der Waals surface area contributed by atoms with Gasteiger partial charge in [-0.3, -0.25) is 14.7 Å². The van der Waals surface area contributed by atoms with E-state index in [0.29, 0.717) is 31.0 Å². The summed E-state index contributed by atoms with van der Waals surface area (Å²) in [7, 11) is -2.28. The maximum absolute atomic E-state index is 13.2. The predicted octanol–water partition coefficient (Wildman–Crippen LogP) is 3.56. The van der Waals surface area contributed by atoms with Crippen LogP contribution in [0.5, 0.6) is 0 Å². The Bertz CT molecular complexity index is 1310. The van der Waals surface area contributed by atoms with Crippen LogP contribution in [0.15, 0.2) is 52.4 Å². The van der Waals surface area contributed by atoms with Crippen molar-refractivity contribution in [1.29, 1.82) is 0 Å². The first-order valence-corrected chi connectivity index (χ1v) is 14.2. The van der Waals surface area contributed by atoms with Gasteiger partial charge in [0.2, 0.25) is 15.9 Å². The van der Waals surface area contributed by atoms with Crippen molar-refractivity contribution in [2.24, 2.45) is 4.99 Å². The predicted molar refractivity (Wildman–Crippen MR) is 143 cm³/mol. The van der Waals surface area contributed by atoms with E-state index in [1.165, 1.54) is 26.2 Å². The van der Waals surface area contributed by atoms with Gasteiger partial charge in [0.25, 0.3) is 0 Å². The molecule has 0 aromatic heterocycles. The van der Waals surface area contributed by atoms with Gasteiger partial charge >= 0.3 is 6.09 Å². The smallest absolute Gasteiger partial charge is 0.413 e. The summed E-state index contributed by atoms with van der Waals surface area (Å²) in [5.41, 5.74) is 1.55. The summed E-state index contributed by atoms with van der Waals surface area (Å²) in [6, 6.07) is 11.6. The molecule has 1 aliphatic carbocycles. The van der Waals surface area contributed by atoms with Gasteiger partial charge in [-0.05, 0) is 30.5 Å². The second-order valence-corrected chi connectivity index (χ2v) is 11.7. The van der Waals surface area contributed by atoms with E-state index in [9.17, 15) is 23.1 Å². The molecule has 13 heteroatoms. The van der Waals surface area contributed by atoms with Gasteiger partial charge in [0.15, 0.2) is 0 Å². The number of nitrogens with zero attached hydrogens (tertiary/aromatic N) is 4. The van der Waals surface area contributed by atoms with Crippen LogP contribution in [0.4, 0.5) is 4.79 Å². The topological polar surface area (TPSA) is 120 Å². The maximum atomic E-state index is 13.2. The highest BCUT2D eigenvalue weighted by atomic mass is 35.5. The zero-order valence-electron chi connectivity index (χ0n) is 20.7. The summed E-state index contributed by atoms with van der Waals surface area (Å²) in [6.07, 6.45) is 0.438. The number of amides is 2. The lowest BCUT2D eigenvalue weighted by atomic mass is 10.1. The molecule has 1 fully saturated rings. The molecule has 1 heterocycles. The quantitative estimate of drug-likeness (QED) is 0.404. The van der Waals surface area contributed by atoms with Crippen LogP contribution >= 0.6 is 23.2 Å². The molecule has 38 heavy (non-hydrogen) atoms. The van der Waals surface area contributed by atoms with Crippen molar-refractivity contribution in [2.45, 2.75) is 30.3 Å². The standard InChI is InChI=1S/C25H28Cl2N4O6S/c1-29(15-17-5-7-18(8-6-17)24-28-11-12-30(24)25(33)34)22(32)16-37-14-13-31(19-9-10-19)38(35,36)23-20(26)3-2-4-21(23)27/h2-8,19H,9-16H2,1H3,(H,33,34). The number of carbonyl (C=O) groups is 2. The van der Waals surface area contributed by atoms with Gasteiger partial charge < -0.3 is 14.7 Å². The Morgan fingerprint density at radius 2 is 1.79 bits per heavy atom. The molecule has 1 saturated carbocycles. The third-order valence-corrected chi connectivity index (χ3v) is 9.16. The van der Waals surface area contributed by atoms with E-state index < -0.39 is 16.1 Å². The van der Waals surface area contributed by atoms with E-state index in [1.807, 2.05) is 12.1 Å². The largest absolute Gasteiger partial charge is 0.465 e. The molecule has 2 aromatic carbocycles. The number of likely N-dealkylation sites (N-methyl/N-ethyl adjacent to an activating group) is 1. The van der Waals surface area contributed by atoms with Crippen LogP contribution in [-0.4, -0.2) is 91.4 Å². The second kappa shape index (κ2) is 12.0. The number of rotatable bonds is 11. The molecule has 2 aliphatic rings. The number of aliphatic imine (C=N–C) groups is 1. The first kappa shape index (κ1) is 28.3. The third-order valence-electron chi connectivity index (χ3n) is 6.25.